The first kappa shape index (κ1) is 20.0. The van der Waals surface area contributed by atoms with Crippen LogP contribution in [0.4, 0.5) is 5.82 Å². The third-order valence-corrected chi connectivity index (χ3v) is 3.89. The van der Waals surface area contributed by atoms with Crippen molar-refractivity contribution < 1.29 is 19.1 Å². The molecule has 0 unspecified atom stereocenters. The Balaban J connectivity index is 1.86. The molecule has 144 valence electrons. The Morgan fingerprint density at radius 1 is 1.07 bits per heavy atom. The normalized spacial score (nSPS) is 10.4. The molecule has 1 aromatic heterocycles. The Hall–Kier alpha value is -3.36. The number of benzene rings is 1. The second kappa shape index (κ2) is 8.84. The van der Waals surface area contributed by atoms with Gasteiger partial charge < -0.3 is 15.2 Å². The Bertz CT molecular complexity index is 946. The molecule has 0 saturated carbocycles. The lowest BCUT2D eigenvalue weighted by Gasteiger charge is -2.11. The molecule has 1 aromatic carbocycles. The zero-order valence-corrected chi connectivity index (χ0v) is 15.1. The zero-order valence-electron chi connectivity index (χ0n) is 15.1. The summed E-state index contributed by atoms with van der Waals surface area (Å²) in [5.74, 6) is -0.930. The number of esters is 1. The van der Waals surface area contributed by atoms with E-state index in [1.54, 1.807) is 12.1 Å². The lowest BCUT2D eigenvalue weighted by molar-refractivity contribution is -0.142. The molecular formula is C18H21N3O6. The second-order valence-electron chi connectivity index (χ2n) is 5.81. The molecule has 0 aliphatic carbocycles. The smallest absolute Gasteiger partial charge is 0.332 e. The number of ketones is 1. The Labute approximate surface area is 154 Å². The molecule has 0 bridgehead atoms. The predicted molar refractivity (Wildman–Crippen MR) is 97.8 cm³/mol. The summed E-state index contributed by atoms with van der Waals surface area (Å²) in [7, 11) is 2.58. The topological polar surface area (TPSA) is 123 Å². The monoisotopic (exact) mass is 375 g/mol. The fourth-order valence-electron chi connectivity index (χ4n) is 2.34. The summed E-state index contributed by atoms with van der Waals surface area (Å²) in [6.07, 6.45) is 0.465. The van der Waals surface area contributed by atoms with E-state index >= 15 is 0 Å². The molecule has 2 N–H and O–H groups in total. The minimum atomic E-state index is -0.826. The molecule has 0 saturated heterocycles. The molecule has 0 aliphatic heterocycles. The van der Waals surface area contributed by atoms with E-state index in [1.807, 2.05) is 18.2 Å². The van der Waals surface area contributed by atoms with Gasteiger partial charge in [0, 0.05) is 20.5 Å². The van der Waals surface area contributed by atoms with E-state index in [4.69, 9.17) is 15.2 Å². The number of aromatic nitrogens is 2. The van der Waals surface area contributed by atoms with Gasteiger partial charge in [0.05, 0.1) is 6.61 Å². The summed E-state index contributed by atoms with van der Waals surface area (Å²) in [6, 6.07) is 9.14. The zero-order chi connectivity index (χ0) is 20.0. The average Bonchev–Trinajstić information content (AvgIpc) is 2.67. The molecule has 0 radical (unpaired) electrons. The van der Waals surface area contributed by atoms with Crippen LogP contribution in [0.5, 0.6) is 5.75 Å². The van der Waals surface area contributed by atoms with Crippen molar-refractivity contribution in [2.24, 2.45) is 14.1 Å². The van der Waals surface area contributed by atoms with Crippen LogP contribution in [0, 0.1) is 0 Å². The second-order valence-corrected chi connectivity index (χ2v) is 5.81. The SMILES string of the molecule is Cn1c(N)c(C(=O)COC(=O)CCCOc2ccccc2)c(=O)n(C)c1=O. The van der Waals surface area contributed by atoms with Gasteiger partial charge in [0.15, 0.2) is 6.61 Å². The molecule has 27 heavy (non-hydrogen) atoms. The van der Waals surface area contributed by atoms with Crippen LogP contribution in [-0.2, 0) is 23.6 Å². The summed E-state index contributed by atoms with van der Waals surface area (Å²) >= 11 is 0. The van der Waals surface area contributed by atoms with Crippen LogP contribution in [0.25, 0.3) is 0 Å². The quantitative estimate of drug-likeness (QED) is 0.399. The van der Waals surface area contributed by atoms with Gasteiger partial charge in [-0.05, 0) is 18.6 Å². The molecule has 0 atom stereocenters. The molecule has 9 nitrogen and oxygen atoms in total. The highest BCUT2D eigenvalue weighted by Crippen LogP contribution is 2.09. The van der Waals surface area contributed by atoms with Crippen molar-refractivity contribution in [2.45, 2.75) is 12.8 Å². The van der Waals surface area contributed by atoms with Gasteiger partial charge in [-0.2, -0.15) is 0 Å². The fourth-order valence-corrected chi connectivity index (χ4v) is 2.34. The van der Waals surface area contributed by atoms with Gasteiger partial charge in [-0.1, -0.05) is 18.2 Å². The van der Waals surface area contributed by atoms with Gasteiger partial charge in [-0.25, -0.2) is 4.79 Å². The fraction of sp³-hybridized carbons (Fsp3) is 0.333. The van der Waals surface area contributed by atoms with Gasteiger partial charge in [0.2, 0.25) is 5.78 Å². The van der Waals surface area contributed by atoms with Crippen LogP contribution < -0.4 is 21.7 Å². The van der Waals surface area contributed by atoms with E-state index < -0.39 is 29.6 Å². The number of rotatable bonds is 8. The van der Waals surface area contributed by atoms with E-state index in [0.29, 0.717) is 18.8 Å². The van der Waals surface area contributed by atoms with Gasteiger partial charge in [-0.3, -0.25) is 23.5 Å². The van der Waals surface area contributed by atoms with Gasteiger partial charge in [-0.15, -0.1) is 0 Å². The number of carbonyl (C=O) groups is 2. The minimum Gasteiger partial charge on any atom is -0.494 e. The predicted octanol–water partition coefficient (Wildman–Crippen LogP) is 0.251. The Morgan fingerprint density at radius 3 is 2.41 bits per heavy atom. The molecular weight excluding hydrogens is 354 g/mol. The van der Waals surface area contributed by atoms with Crippen molar-refractivity contribution in [1.82, 2.24) is 9.13 Å². The first-order valence-corrected chi connectivity index (χ1v) is 8.25. The van der Waals surface area contributed by atoms with E-state index in [0.717, 1.165) is 9.13 Å². The minimum absolute atomic E-state index is 0.0564. The molecule has 1 heterocycles. The molecule has 0 fully saturated rings. The first-order chi connectivity index (χ1) is 12.8. The highest BCUT2D eigenvalue weighted by molar-refractivity contribution is 6.01. The standard InChI is InChI=1S/C18H21N3O6/c1-20-16(19)15(17(24)21(2)18(20)25)13(22)11-27-14(23)9-6-10-26-12-7-4-3-5-8-12/h3-5,7-8H,6,9-11,19H2,1-2H3. The number of Topliss-reactive ketones (excluding diaryl/α,β-unsaturated/α-hetero) is 1. The van der Waals surface area contributed by atoms with Gasteiger partial charge >= 0.3 is 11.7 Å². The largest absolute Gasteiger partial charge is 0.494 e. The summed E-state index contributed by atoms with van der Waals surface area (Å²) < 4.78 is 12.1. The number of carbonyl (C=O) groups excluding carboxylic acids is 2. The van der Waals surface area contributed by atoms with E-state index in [-0.39, 0.29) is 17.8 Å². The van der Waals surface area contributed by atoms with E-state index in [1.165, 1.54) is 14.1 Å². The van der Waals surface area contributed by atoms with Crippen LogP contribution in [0.15, 0.2) is 39.9 Å². The van der Waals surface area contributed by atoms with Crippen molar-refractivity contribution in [3.63, 3.8) is 0 Å². The number of para-hydroxylation sites is 1. The number of hydrogen-bond donors (Lipinski definition) is 1. The van der Waals surface area contributed by atoms with E-state index in [2.05, 4.69) is 0 Å². The molecule has 2 rings (SSSR count). The van der Waals surface area contributed by atoms with Crippen LogP contribution >= 0.6 is 0 Å². The average molecular weight is 375 g/mol. The lowest BCUT2D eigenvalue weighted by Crippen LogP contribution is -2.42. The van der Waals surface area contributed by atoms with Crippen molar-refractivity contribution in [1.29, 1.82) is 0 Å². The van der Waals surface area contributed by atoms with Gasteiger partial charge in [0.1, 0.15) is 17.1 Å². The van der Waals surface area contributed by atoms with Crippen molar-refractivity contribution in [3.8, 4) is 5.75 Å². The number of ether oxygens (including phenoxy) is 2. The van der Waals surface area contributed by atoms with Crippen molar-refractivity contribution >= 4 is 17.6 Å². The van der Waals surface area contributed by atoms with Crippen LogP contribution in [-0.4, -0.2) is 34.1 Å². The molecule has 0 spiro atoms. The summed E-state index contributed by atoms with van der Waals surface area (Å²) in [4.78, 5) is 47.8. The summed E-state index contributed by atoms with van der Waals surface area (Å²) in [6.45, 7) is -0.308. The molecule has 9 heteroatoms. The Kier molecular flexibility index (Phi) is 6.53. The maximum absolute atomic E-state index is 12.2. The number of nitrogens with two attached hydrogens (primary N) is 1. The van der Waals surface area contributed by atoms with Crippen molar-refractivity contribution in [3.05, 3.63) is 56.7 Å². The van der Waals surface area contributed by atoms with Gasteiger partial charge in [0.25, 0.3) is 5.56 Å². The maximum atomic E-state index is 12.2. The molecule has 0 amide bonds. The number of nitrogen functional groups attached to an aromatic ring is 1. The third kappa shape index (κ3) is 4.84. The summed E-state index contributed by atoms with van der Waals surface area (Å²) in [5, 5.41) is 0. The first-order valence-electron chi connectivity index (χ1n) is 8.25. The van der Waals surface area contributed by atoms with Crippen LogP contribution in [0.1, 0.15) is 23.2 Å². The maximum Gasteiger partial charge on any atom is 0.332 e. The van der Waals surface area contributed by atoms with E-state index in [9.17, 15) is 19.2 Å². The number of anilines is 1. The molecule has 0 aliphatic rings. The van der Waals surface area contributed by atoms with Crippen molar-refractivity contribution in [2.75, 3.05) is 18.9 Å². The highest BCUT2D eigenvalue weighted by Gasteiger charge is 2.21. The van der Waals surface area contributed by atoms with Crippen LogP contribution in [0.3, 0.4) is 0 Å². The lowest BCUT2D eigenvalue weighted by atomic mass is 10.2. The number of hydrogen-bond acceptors (Lipinski definition) is 7. The summed E-state index contributed by atoms with van der Waals surface area (Å²) in [5.41, 5.74) is 3.84. The van der Waals surface area contributed by atoms with Crippen LogP contribution in [0.2, 0.25) is 0 Å². The Morgan fingerprint density at radius 2 is 1.74 bits per heavy atom. The molecule has 2 aromatic rings. The number of nitrogens with zero attached hydrogens (tertiary/aromatic N) is 2. The highest BCUT2D eigenvalue weighted by atomic mass is 16.5. The third-order valence-electron chi connectivity index (χ3n) is 3.89.